The van der Waals surface area contributed by atoms with Gasteiger partial charge in [0.15, 0.2) is 5.76 Å². The van der Waals surface area contributed by atoms with Gasteiger partial charge < -0.3 is 9.15 Å². The van der Waals surface area contributed by atoms with E-state index in [9.17, 15) is 13.2 Å². The molecule has 1 aliphatic heterocycles. The number of ether oxygens (including phenoxy) is 1. The first kappa shape index (κ1) is 18.6. The maximum absolute atomic E-state index is 13.0. The number of Topliss-reactive ketones (excluding diaryl/α,β-unsaturated/α-hetero) is 1. The summed E-state index contributed by atoms with van der Waals surface area (Å²) in [6.07, 6.45) is 1.47. The summed E-state index contributed by atoms with van der Waals surface area (Å²) in [5.41, 5.74) is 0.854. The molecule has 0 radical (unpaired) electrons. The molecule has 26 heavy (non-hydrogen) atoms. The molecule has 2 aromatic rings. The molecule has 1 saturated heterocycles. The van der Waals surface area contributed by atoms with Gasteiger partial charge >= 0.3 is 0 Å². The highest BCUT2D eigenvalue weighted by atomic mass is 32.2. The topological polar surface area (TPSA) is 80.1 Å². The molecular weight excluding hydrogens is 356 g/mol. The zero-order chi connectivity index (χ0) is 18.7. The summed E-state index contributed by atoms with van der Waals surface area (Å²) in [4.78, 5) is 14.2. The number of carbonyl (C=O) groups excluding carboxylic acids is 1. The summed E-state index contributed by atoms with van der Waals surface area (Å²) in [5, 5.41) is 0. The fourth-order valence-electron chi connectivity index (χ4n) is 2.97. The van der Waals surface area contributed by atoms with E-state index in [1.165, 1.54) is 17.7 Å². The molecule has 0 saturated carbocycles. The van der Waals surface area contributed by atoms with Crippen LogP contribution in [0, 0.1) is 6.92 Å². The summed E-state index contributed by atoms with van der Waals surface area (Å²) < 4.78 is 37.7. The smallest absolute Gasteiger partial charge is 0.246 e. The second kappa shape index (κ2) is 7.61. The molecule has 0 aliphatic carbocycles. The second-order valence-corrected chi connectivity index (χ2v) is 8.14. The largest absolute Gasteiger partial charge is 0.495 e. The van der Waals surface area contributed by atoms with Crippen LogP contribution in [0.2, 0.25) is 0 Å². The average Bonchev–Trinajstić information content (AvgIpc) is 3.17. The van der Waals surface area contributed by atoms with Crippen molar-refractivity contribution in [1.82, 2.24) is 9.21 Å². The summed E-state index contributed by atoms with van der Waals surface area (Å²) in [5.74, 6) is 0.558. The van der Waals surface area contributed by atoms with E-state index in [0.717, 1.165) is 5.56 Å². The molecule has 8 heteroatoms. The Kier molecular flexibility index (Phi) is 5.45. The number of piperazine rings is 1. The third-order valence-electron chi connectivity index (χ3n) is 4.43. The van der Waals surface area contributed by atoms with Gasteiger partial charge in [0.2, 0.25) is 15.8 Å². The summed E-state index contributed by atoms with van der Waals surface area (Å²) >= 11 is 0. The molecule has 1 fully saturated rings. The van der Waals surface area contributed by atoms with Crippen molar-refractivity contribution in [2.75, 3.05) is 39.8 Å². The lowest BCUT2D eigenvalue weighted by molar-refractivity contribution is 0.0874. The number of benzene rings is 1. The Morgan fingerprint density at radius 3 is 2.54 bits per heavy atom. The number of carbonyl (C=O) groups is 1. The SMILES string of the molecule is COc1ccc(C)cc1S(=O)(=O)N1CCN(CC(=O)c2ccco2)CC1. The first-order valence-electron chi connectivity index (χ1n) is 8.35. The maximum atomic E-state index is 13.0. The van der Waals surface area contributed by atoms with Crippen molar-refractivity contribution in [2.24, 2.45) is 0 Å². The Hall–Kier alpha value is -2.16. The third kappa shape index (κ3) is 3.82. The Morgan fingerprint density at radius 2 is 1.92 bits per heavy atom. The van der Waals surface area contributed by atoms with E-state index in [-0.39, 0.29) is 17.2 Å². The summed E-state index contributed by atoms with van der Waals surface area (Å²) in [7, 11) is -2.18. The first-order valence-corrected chi connectivity index (χ1v) is 9.79. The molecular formula is C18H22N2O5S. The van der Waals surface area contributed by atoms with Crippen LogP contribution in [0.25, 0.3) is 0 Å². The summed E-state index contributed by atoms with van der Waals surface area (Å²) in [6.45, 7) is 3.68. The molecule has 1 aliphatic rings. The molecule has 3 rings (SSSR count). The highest BCUT2D eigenvalue weighted by molar-refractivity contribution is 7.89. The average molecular weight is 378 g/mol. The maximum Gasteiger partial charge on any atom is 0.246 e. The minimum absolute atomic E-state index is 0.105. The monoisotopic (exact) mass is 378 g/mol. The molecule has 0 amide bonds. The van der Waals surface area contributed by atoms with Gasteiger partial charge in [-0.2, -0.15) is 4.31 Å². The number of furan rings is 1. The van der Waals surface area contributed by atoms with E-state index in [4.69, 9.17) is 9.15 Å². The number of methoxy groups -OCH3 is 1. The van der Waals surface area contributed by atoms with Crippen LogP contribution < -0.4 is 4.74 Å². The molecule has 0 bridgehead atoms. The van der Waals surface area contributed by atoms with Crippen molar-refractivity contribution >= 4 is 15.8 Å². The van der Waals surface area contributed by atoms with Gasteiger partial charge in [-0.3, -0.25) is 9.69 Å². The Morgan fingerprint density at radius 1 is 1.19 bits per heavy atom. The number of hydrogen-bond acceptors (Lipinski definition) is 6. The van der Waals surface area contributed by atoms with Crippen LogP contribution in [0.5, 0.6) is 5.75 Å². The number of nitrogens with zero attached hydrogens (tertiary/aromatic N) is 2. The molecule has 0 spiro atoms. The molecule has 0 unspecified atom stereocenters. The van der Waals surface area contributed by atoms with Crippen LogP contribution in [-0.2, 0) is 10.0 Å². The van der Waals surface area contributed by atoms with Gasteiger partial charge in [0.25, 0.3) is 0 Å². The van der Waals surface area contributed by atoms with E-state index in [1.807, 2.05) is 17.9 Å². The molecule has 1 aromatic heterocycles. The van der Waals surface area contributed by atoms with Gasteiger partial charge in [-0.1, -0.05) is 6.07 Å². The lowest BCUT2D eigenvalue weighted by Gasteiger charge is -2.33. The molecule has 0 N–H and O–H groups in total. The molecule has 7 nitrogen and oxygen atoms in total. The third-order valence-corrected chi connectivity index (χ3v) is 6.35. The summed E-state index contributed by atoms with van der Waals surface area (Å²) in [6, 6.07) is 8.41. The van der Waals surface area contributed by atoms with Gasteiger partial charge in [-0.15, -0.1) is 0 Å². The van der Waals surface area contributed by atoms with Crippen molar-refractivity contribution < 1.29 is 22.4 Å². The fraction of sp³-hybridized carbons (Fsp3) is 0.389. The quantitative estimate of drug-likeness (QED) is 0.713. The van der Waals surface area contributed by atoms with Crippen LogP contribution in [0.3, 0.4) is 0 Å². The molecule has 140 valence electrons. The number of aryl methyl sites for hydroxylation is 1. The van der Waals surface area contributed by atoms with Gasteiger partial charge in [0.05, 0.1) is 19.9 Å². The van der Waals surface area contributed by atoms with Crippen molar-refractivity contribution in [3.63, 3.8) is 0 Å². The first-order chi connectivity index (χ1) is 12.4. The van der Waals surface area contributed by atoms with E-state index in [1.54, 1.807) is 24.3 Å². The zero-order valence-corrected chi connectivity index (χ0v) is 15.7. The highest BCUT2D eigenvalue weighted by Crippen LogP contribution is 2.28. The number of hydrogen-bond donors (Lipinski definition) is 0. The Balaban J connectivity index is 1.67. The van der Waals surface area contributed by atoms with Crippen molar-refractivity contribution in [3.8, 4) is 5.75 Å². The zero-order valence-electron chi connectivity index (χ0n) is 14.8. The van der Waals surface area contributed by atoms with Crippen LogP contribution in [0.15, 0.2) is 45.9 Å². The number of rotatable bonds is 6. The Labute approximate surface area is 153 Å². The van der Waals surface area contributed by atoms with E-state index in [0.29, 0.717) is 37.7 Å². The number of sulfonamides is 1. The molecule has 1 aromatic carbocycles. The van der Waals surface area contributed by atoms with Crippen LogP contribution in [-0.4, -0.2) is 63.2 Å². The minimum Gasteiger partial charge on any atom is -0.495 e. The fourth-order valence-corrected chi connectivity index (χ4v) is 4.63. The lowest BCUT2D eigenvalue weighted by atomic mass is 10.2. The highest BCUT2D eigenvalue weighted by Gasteiger charge is 2.31. The minimum atomic E-state index is -3.64. The van der Waals surface area contributed by atoms with Gasteiger partial charge in [0, 0.05) is 26.2 Å². The van der Waals surface area contributed by atoms with Crippen molar-refractivity contribution in [1.29, 1.82) is 0 Å². The standard InChI is InChI=1S/C18H22N2O5S/c1-14-5-6-17(24-2)18(12-14)26(22,23)20-9-7-19(8-10-20)13-15(21)16-4-3-11-25-16/h3-6,11-12H,7-10,13H2,1-2H3. The van der Waals surface area contributed by atoms with Crippen LogP contribution >= 0.6 is 0 Å². The Bertz CT molecular complexity index is 869. The predicted octanol–water partition coefficient (Wildman–Crippen LogP) is 1.79. The van der Waals surface area contributed by atoms with Crippen LogP contribution in [0.1, 0.15) is 16.1 Å². The van der Waals surface area contributed by atoms with Gasteiger partial charge in [0.1, 0.15) is 10.6 Å². The second-order valence-electron chi connectivity index (χ2n) is 6.24. The van der Waals surface area contributed by atoms with Gasteiger partial charge in [-0.05, 0) is 36.8 Å². The van der Waals surface area contributed by atoms with Gasteiger partial charge in [-0.25, -0.2) is 8.42 Å². The van der Waals surface area contributed by atoms with Crippen molar-refractivity contribution in [3.05, 3.63) is 47.9 Å². The van der Waals surface area contributed by atoms with E-state index in [2.05, 4.69) is 0 Å². The van der Waals surface area contributed by atoms with Crippen LogP contribution in [0.4, 0.5) is 0 Å². The number of ketones is 1. The van der Waals surface area contributed by atoms with E-state index >= 15 is 0 Å². The predicted molar refractivity (Wildman–Crippen MR) is 96.0 cm³/mol. The molecule has 2 heterocycles. The normalized spacial score (nSPS) is 16.5. The van der Waals surface area contributed by atoms with Crippen molar-refractivity contribution in [2.45, 2.75) is 11.8 Å². The molecule has 0 atom stereocenters. The lowest BCUT2D eigenvalue weighted by Crippen LogP contribution is -2.49. The van der Waals surface area contributed by atoms with E-state index < -0.39 is 10.0 Å².